The van der Waals surface area contributed by atoms with E-state index in [-0.39, 0.29) is 51.2 Å². The summed E-state index contributed by atoms with van der Waals surface area (Å²) in [7, 11) is -9.67. The fourth-order valence-corrected chi connectivity index (χ4v) is 44.9. The summed E-state index contributed by atoms with van der Waals surface area (Å²) in [5, 5.41) is 0. The van der Waals surface area contributed by atoms with Gasteiger partial charge in [-0.2, -0.15) is 0 Å². The third-order valence-electron chi connectivity index (χ3n) is 9.29. The van der Waals surface area contributed by atoms with Gasteiger partial charge in [0, 0.05) is 26.2 Å². The number of benzene rings is 2. The summed E-state index contributed by atoms with van der Waals surface area (Å²) in [6, 6.07) is 18.8. The first-order valence-corrected chi connectivity index (χ1v) is 30.8. The van der Waals surface area contributed by atoms with Crippen LogP contribution in [0.25, 0.3) is 4.65 Å². The van der Waals surface area contributed by atoms with E-state index in [4.69, 9.17) is 4.65 Å². The number of hydrogen-bond acceptors (Lipinski definition) is 4. The molecule has 10 heteroatoms. The van der Waals surface area contributed by atoms with E-state index in [1.165, 1.54) is 22.7 Å². The van der Waals surface area contributed by atoms with Crippen molar-refractivity contribution < 1.29 is 29.6 Å². The van der Waals surface area contributed by atoms with E-state index < -0.39 is 31.3 Å². The fourth-order valence-electron chi connectivity index (χ4n) is 7.90. The molecular formula is C38H70N5NaSi4. The standard InChI is InChI=1S/C38H70N5Si4.Na/c1-35(2,3)27-40-31-23-19-20-24-32(31)41(28-36(4,5)6)46(40,44(13,14)15)39-47(45(16,17)18)42(29-37(7,8)9)33-25-21-22-26-34(33)43(47)30-38(10,11)12;/h19-26H,27-30H2,1-18H3;/q-1;+1. The average Bonchev–Trinajstić information content (AvgIpc) is 3.24. The maximum absolute atomic E-state index is 7.08. The van der Waals surface area contributed by atoms with Gasteiger partial charge in [-0.1, -0.05) is 147 Å². The Morgan fingerprint density at radius 2 is 0.625 bits per heavy atom. The van der Waals surface area contributed by atoms with Crippen molar-refractivity contribution in [2.24, 2.45) is 21.7 Å². The molecule has 0 atom stereocenters. The van der Waals surface area contributed by atoms with Gasteiger partial charge in [0.05, 0.1) is 37.9 Å². The molecule has 0 radical (unpaired) electrons. The first kappa shape index (κ1) is 41.9. The van der Waals surface area contributed by atoms with Crippen LogP contribution in [0, 0.1) is 21.7 Å². The molecule has 0 saturated carbocycles. The van der Waals surface area contributed by atoms with E-state index >= 15 is 0 Å². The Morgan fingerprint density at radius 1 is 0.438 bits per heavy atom. The Bertz CT molecular complexity index is 1230. The normalized spacial score (nSPS) is 18.2. The molecule has 2 aliphatic rings. The molecule has 2 aromatic carbocycles. The van der Waals surface area contributed by atoms with E-state index in [0.717, 1.165) is 26.2 Å². The van der Waals surface area contributed by atoms with Gasteiger partial charge in [0.25, 0.3) is 0 Å². The van der Waals surface area contributed by atoms with E-state index in [0.29, 0.717) is 0 Å². The fraction of sp³-hybridized carbons (Fsp3) is 0.684. The third kappa shape index (κ3) is 8.08. The van der Waals surface area contributed by atoms with Crippen LogP contribution < -0.4 is 47.8 Å². The number of rotatable bonds is 8. The van der Waals surface area contributed by atoms with Gasteiger partial charge in [0.2, 0.25) is 0 Å². The van der Waals surface area contributed by atoms with Crippen molar-refractivity contribution in [1.29, 1.82) is 0 Å². The number of anilines is 4. The number of hydrogen-bond donors (Lipinski definition) is 0. The molecule has 0 bridgehead atoms. The summed E-state index contributed by atoms with van der Waals surface area (Å²) >= 11 is 0. The van der Waals surface area contributed by atoms with Crippen LogP contribution in [0.3, 0.4) is 0 Å². The molecule has 0 aromatic heterocycles. The van der Waals surface area contributed by atoms with Gasteiger partial charge in [0.15, 0.2) is 0 Å². The molecular weight excluding hydrogens is 662 g/mol. The topological polar surface area (TPSA) is 27.1 Å². The quantitative estimate of drug-likeness (QED) is 0.258. The van der Waals surface area contributed by atoms with E-state index in [1.54, 1.807) is 0 Å². The molecule has 0 N–H and O–H groups in total. The zero-order valence-corrected chi connectivity index (χ0v) is 40.7. The van der Waals surface area contributed by atoms with Crippen LogP contribution in [0.4, 0.5) is 22.7 Å². The average molecular weight is 732 g/mol. The molecule has 0 spiro atoms. The minimum atomic E-state index is -2.79. The van der Waals surface area contributed by atoms with Crippen molar-refractivity contribution in [2.75, 3.05) is 44.4 Å². The second-order valence-corrected chi connectivity index (χ2v) is 49.1. The molecule has 5 nitrogen and oxygen atoms in total. The Morgan fingerprint density at radius 3 is 0.771 bits per heavy atom. The van der Waals surface area contributed by atoms with Gasteiger partial charge in [-0.15, -0.1) is 0 Å². The summed E-state index contributed by atoms with van der Waals surface area (Å²) in [5.74, 6) is 0. The molecule has 0 fully saturated rings. The monoisotopic (exact) mass is 731 g/mol. The van der Waals surface area contributed by atoms with E-state index in [1.807, 2.05) is 0 Å². The maximum atomic E-state index is 7.08. The number of fused-ring (bicyclic) bond motifs is 2. The Kier molecular flexibility index (Phi) is 11.7. The molecule has 0 aliphatic carbocycles. The summed E-state index contributed by atoms with van der Waals surface area (Å²) in [4.78, 5) is 0. The molecule has 0 amide bonds. The van der Waals surface area contributed by atoms with Crippen molar-refractivity contribution in [1.82, 2.24) is 0 Å². The summed E-state index contributed by atoms with van der Waals surface area (Å²) < 4.78 is 18.9. The van der Waals surface area contributed by atoms with Gasteiger partial charge in [0.1, 0.15) is 16.2 Å². The summed E-state index contributed by atoms with van der Waals surface area (Å²) in [6.45, 7) is 49.2. The SMILES string of the molecule is CC(C)(C)CN1c2ccccc2N(CC(C)(C)C)[Si]1([N-][Si]1([Si](C)(C)C)N(CC(C)(C)C)c2ccccc2N1CC(C)(C)C)[Si](C)(C)C.[Na+]. The zero-order chi connectivity index (χ0) is 35.8. The largest absolute Gasteiger partial charge is 1.00 e. The minimum absolute atomic E-state index is 0. The van der Waals surface area contributed by atoms with E-state index in [9.17, 15) is 0 Å². The van der Waals surface area contributed by atoms with Crippen molar-refractivity contribution >= 4 is 54.1 Å². The van der Waals surface area contributed by atoms with Gasteiger partial charge in [-0.3, -0.25) is 0 Å². The first-order chi connectivity index (χ1) is 21.0. The second-order valence-electron chi connectivity index (χ2n) is 21.4. The van der Waals surface area contributed by atoms with Crippen molar-refractivity contribution in [3.63, 3.8) is 0 Å². The second kappa shape index (κ2) is 13.5. The number of para-hydroxylation sites is 4. The minimum Gasteiger partial charge on any atom is -0.601 e. The van der Waals surface area contributed by atoms with Crippen LogP contribution in [0.5, 0.6) is 0 Å². The Balaban J connectivity index is 0.00000625. The van der Waals surface area contributed by atoms with Crippen molar-refractivity contribution in [3.8, 4) is 0 Å². The molecule has 2 aromatic rings. The van der Waals surface area contributed by atoms with Crippen molar-refractivity contribution in [2.45, 2.75) is 122 Å². The van der Waals surface area contributed by atoms with Crippen LogP contribution >= 0.6 is 0 Å². The number of nitrogens with zero attached hydrogens (tertiary/aromatic N) is 5. The van der Waals surface area contributed by atoms with Gasteiger partial charge in [-0.25, -0.2) is 0 Å². The smallest absolute Gasteiger partial charge is 0.601 e. The molecule has 2 heterocycles. The molecule has 0 unspecified atom stereocenters. The summed E-state index contributed by atoms with van der Waals surface area (Å²) in [6.07, 6.45) is 0. The zero-order valence-electron chi connectivity index (χ0n) is 34.7. The van der Waals surface area contributed by atoms with Gasteiger partial charge in [-0.05, 0) is 45.9 Å². The Hall–Kier alpha value is -0.532. The Labute approximate surface area is 323 Å². The van der Waals surface area contributed by atoms with Crippen molar-refractivity contribution in [3.05, 3.63) is 53.2 Å². The van der Waals surface area contributed by atoms with Crippen LogP contribution in [-0.4, -0.2) is 57.5 Å². The molecule has 0 saturated heterocycles. The van der Waals surface area contributed by atoms with Gasteiger partial charge < -0.3 is 22.9 Å². The molecule has 264 valence electrons. The molecule has 2 aliphatic heterocycles. The van der Waals surface area contributed by atoms with Crippen LogP contribution in [0.15, 0.2) is 48.5 Å². The predicted molar refractivity (Wildman–Crippen MR) is 222 cm³/mol. The summed E-state index contributed by atoms with van der Waals surface area (Å²) in [5.41, 5.74) is 6.19. The maximum Gasteiger partial charge on any atom is 1.00 e. The van der Waals surface area contributed by atoms with Gasteiger partial charge >= 0.3 is 29.6 Å². The predicted octanol–water partition coefficient (Wildman–Crippen LogP) is 7.91. The van der Waals surface area contributed by atoms with E-state index in [2.05, 4.69) is 189 Å². The molecule has 4 rings (SSSR count). The van der Waals surface area contributed by atoms with Crippen LogP contribution in [-0.2, 0) is 0 Å². The van der Waals surface area contributed by atoms with Crippen LogP contribution in [0.1, 0.15) is 83.1 Å². The molecule has 48 heavy (non-hydrogen) atoms. The third-order valence-corrected chi connectivity index (χ3v) is 37.7. The first-order valence-electron chi connectivity index (χ1n) is 18.1. The van der Waals surface area contributed by atoms with Crippen LogP contribution in [0.2, 0.25) is 39.3 Å².